The Balaban J connectivity index is 1.43. The molecule has 8 heteroatoms. The highest BCUT2D eigenvalue weighted by atomic mass is 16.5. The van der Waals surface area contributed by atoms with E-state index in [2.05, 4.69) is 25.2 Å². The van der Waals surface area contributed by atoms with Crippen LogP contribution < -0.4 is 14.8 Å². The fraction of sp³-hybridized carbons (Fsp3) is 0.378. The van der Waals surface area contributed by atoms with Gasteiger partial charge in [0.15, 0.2) is 5.78 Å². The van der Waals surface area contributed by atoms with Crippen LogP contribution in [0, 0.1) is 5.41 Å². The van der Waals surface area contributed by atoms with Gasteiger partial charge in [-0.05, 0) is 99.2 Å². The number of fused-ring (bicyclic) bond motifs is 8. The van der Waals surface area contributed by atoms with E-state index in [1.54, 1.807) is 25.2 Å². The molecule has 4 atom stereocenters. The Bertz CT molecular complexity index is 1930. The maximum absolute atomic E-state index is 14.3. The lowest BCUT2D eigenvalue weighted by Gasteiger charge is -2.46. The lowest BCUT2D eigenvalue weighted by Crippen LogP contribution is -2.54. The third-order valence-corrected chi connectivity index (χ3v) is 11.6. The number of aliphatic hydroxyl groups excluding tert-OH is 1. The molecule has 0 aliphatic heterocycles. The van der Waals surface area contributed by atoms with Crippen LogP contribution in [0.1, 0.15) is 90.9 Å². The van der Waals surface area contributed by atoms with Crippen molar-refractivity contribution in [2.75, 3.05) is 26.1 Å². The summed E-state index contributed by atoms with van der Waals surface area (Å²) >= 11 is 0. The van der Waals surface area contributed by atoms with Crippen molar-refractivity contribution >= 4 is 17.5 Å². The summed E-state index contributed by atoms with van der Waals surface area (Å²) in [4.78, 5) is 30.2. The molecule has 3 aliphatic carbocycles. The fourth-order valence-electron chi connectivity index (χ4n) is 8.37. The first kappa shape index (κ1) is 37.8. The maximum atomic E-state index is 14.3. The maximum Gasteiger partial charge on any atom is 0.322 e. The van der Waals surface area contributed by atoms with Crippen molar-refractivity contribution in [3.63, 3.8) is 0 Å². The highest BCUT2D eigenvalue weighted by Crippen LogP contribution is 2.59. The molecule has 0 radical (unpaired) electrons. The minimum Gasteiger partial charge on any atom is -0.497 e. The lowest BCUT2D eigenvalue weighted by atomic mass is 9.64. The van der Waals surface area contributed by atoms with E-state index < -0.39 is 17.1 Å². The van der Waals surface area contributed by atoms with Gasteiger partial charge in [0.25, 0.3) is 0 Å². The second kappa shape index (κ2) is 16.4. The number of rotatable bonds is 9. The van der Waals surface area contributed by atoms with Gasteiger partial charge >= 0.3 is 6.03 Å². The molecule has 8 nitrogen and oxygen atoms in total. The number of carbonyl (C=O) groups excluding carboxylic acids is 2. The second-order valence-electron chi connectivity index (χ2n) is 15.0. The number of ether oxygens (including phenoxy) is 2. The summed E-state index contributed by atoms with van der Waals surface area (Å²) in [6.07, 6.45) is 5.94. The predicted octanol–water partition coefficient (Wildman–Crippen LogP) is 8.71. The molecule has 1 fully saturated rings. The quantitative estimate of drug-likeness (QED) is 0.118. The van der Waals surface area contributed by atoms with Crippen molar-refractivity contribution in [3.8, 4) is 11.5 Å². The van der Waals surface area contributed by atoms with Gasteiger partial charge in [-0.25, -0.2) is 4.79 Å². The first-order valence-electron chi connectivity index (χ1n) is 18.6. The zero-order chi connectivity index (χ0) is 37.6. The first-order valence-corrected chi connectivity index (χ1v) is 18.6. The van der Waals surface area contributed by atoms with Gasteiger partial charge in [0.1, 0.15) is 11.5 Å². The highest BCUT2D eigenvalue weighted by molar-refractivity contribution is 6.10. The smallest absolute Gasteiger partial charge is 0.322 e. The van der Waals surface area contributed by atoms with Crippen molar-refractivity contribution in [2.45, 2.75) is 83.0 Å². The van der Waals surface area contributed by atoms with Gasteiger partial charge in [-0.1, -0.05) is 79.2 Å². The summed E-state index contributed by atoms with van der Waals surface area (Å²) in [6.45, 7) is 4.47. The Labute approximate surface area is 313 Å². The molecule has 7 rings (SSSR count). The van der Waals surface area contributed by atoms with Gasteiger partial charge in [-0.3, -0.25) is 4.79 Å². The Morgan fingerprint density at radius 1 is 0.906 bits per heavy atom. The fourth-order valence-corrected chi connectivity index (χ4v) is 8.37. The van der Waals surface area contributed by atoms with Crippen LogP contribution in [0.15, 0.2) is 109 Å². The monoisotopic (exact) mass is 716 g/mol. The van der Waals surface area contributed by atoms with Crippen LogP contribution in [0.25, 0.3) is 0 Å². The molecule has 0 heterocycles. The van der Waals surface area contributed by atoms with Crippen molar-refractivity contribution in [1.82, 2.24) is 4.90 Å². The summed E-state index contributed by atoms with van der Waals surface area (Å²) in [6, 6.07) is 29.8. The van der Waals surface area contributed by atoms with Gasteiger partial charge in [0, 0.05) is 33.9 Å². The molecule has 3 aliphatic rings. The largest absolute Gasteiger partial charge is 0.497 e. The number of aliphatic hydroxyl groups is 2. The molecule has 53 heavy (non-hydrogen) atoms. The van der Waals surface area contributed by atoms with Crippen LogP contribution in [0.2, 0.25) is 0 Å². The number of hydrogen-bond donors (Lipinski definition) is 3. The van der Waals surface area contributed by atoms with E-state index in [0.717, 1.165) is 23.1 Å². The highest BCUT2D eigenvalue weighted by Gasteiger charge is 2.57. The molecule has 0 spiro atoms. The number of methoxy groups -OCH3 is 2. The molecule has 4 aromatic carbocycles. The summed E-state index contributed by atoms with van der Waals surface area (Å²) < 4.78 is 11.2. The average Bonchev–Trinajstić information content (AvgIpc) is 3.42. The van der Waals surface area contributed by atoms with Crippen LogP contribution in [0.3, 0.4) is 0 Å². The van der Waals surface area contributed by atoms with E-state index in [0.29, 0.717) is 66.8 Å². The third-order valence-electron chi connectivity index (χ3n) is 11.6. The molecule has 278 valence electrons. The molecule has 2 amide bonds. The van der Waals surface area contributed by atoms with Crippen molar-refractivity contribution in [1.29, 1.82) is 0 Å². The van der Waals surface area contributed by atoms with E-state index in [1.807, 2.05) is 91.0 Å². The van der Waals surface area contributed by atoms with Gasteiger partial charge in [0.2, 0.25) is 0 Å². The average molecular weight is 717 g/mol. The molecular weight excluding hydrogens is 665 g/mol. The number of amides is 2. The molecule has 0 aromatic heterocycles. The number of allylic oxidation sites excluding steroid dienone is 2. The standard InChI is InChI=1S/C45H52N2O6/c1-31-12-11-24-44(2)40(38-22-18-32(26-36(48)20-17-31)27-39(38)42(49)33-13-7-5-8-14-33)23-25-45(44,51)30-47(43(50)46-35-15-9-6-10-16-35)29-34-19-21-37(52-3)28-41(34)53-4/h5-10,12-16,18-19,21-22,27-28,36,40,48,51H,11,17,20,23-26,29-30H2,1-4H3,(H,46,50). The molecule has 0 saturated heterocycles. The van der Waals surface area contributed by atoms with Crippen LogP contribution in [0.4, 0.5) is 10.5 Å². The Morgan fingerprint density at radius 3 is 2.36 bits per heavy atom. The van der Waals surface area contributed by atoms with Gasteiger partial charge in [-0.2, -0.15) is 0 Å². The Kier molecular flexibility index (Phi) is 11.7. The minimum atomic E-state index is -1.31. The summed E-state index contributed by atoms with van der Waals surface area (Å²) in [5, 5.41) is 27.1. The predicted molar refractivity (Wildman–Crippen MR) is 209 cm³/mol. The molecule has 4 unspecified atom stereocenters. The van der Waals surface area contributed by atoms with Crippen molar-refractivity contribution < 1.29 is 29.3 Å². The number of benzene rings is 4. The zero-order valence-corrected chi connectivity index (χ0v) is 31.3. The summed E-state index contributed by atoms with van der Waals surface area (Å²) in [5.74, 6) is 0.964. The van der Waals surface area contributed by atoms with E-state index in [4.69, 9.17) is 9.47 Å². The van der Waals surface area contributed by atoms with Crippen LogP contribution in [-0.4, -0.2) is 59.4 Å². The number of carbonyl (C=O) groups is 2. The van der Waals surface area contributed by atoms with Crippen LogP contribution in [0.5, 0.6) is 11.5 Å². The van der Waals surface area contributed by atoms with Gasteiger partial charge < -0.3 is 29.9 Å². The minimum absolute atomic E-state index is 0.0583. The molecular formula is C45H52N2O6. The van der Waals surface area contributed by atoms with Crippen LogP contribution in [-0.2, 0) is 13.0 Å². The zero-order valence-electron chi connectivity index (χ0n) is 31.3. The Hall–Kier alpha value is -4.92. The van der Waals surface area contributed by atoms with E-state index >= 15 is 0 Å². The topological polar surface area (TPSA) is 108 Å². The number of para-hydroxylation sites is 1. The molecule has 1 saturated carbocycles. The Morgan fingerprint density at radius 2 is 1.64 bits per heavy atom. The summed E-state index contributed by atoms with van der Waals surface area (Å²) in [5.41, 5.74) is 3.59. The van der Waals surface area contributed by atoms with E-state index in [-0.39, 0.29) is 30.8 Å². The number of nitrogens with one attached hydrogen (secondary N) is 1. The lowest BCUT2D eigenvalue weighted by molar-refractivity contribution is -0.0773. The molecule has 2 bridgehead atoms. The number of urea groups is 1. The van der Waals surface area contributed by atoms with Crippen molar-refractivity contribution in [3.05, 3.63) is 137 Å². The van der Waals surface area contributed by atoms with Crippen LogP contribution >= 0.6 is 0 Å². The molecule has 4 aromatic rings. The SMILES string of the molecule is COc1ccc(CN(CC2(O)CCC3c4ccc(cc4C(=O)c4ccccc4)CC(O)CCC(C)=CCCC32C)C(=O)Nc2ccccc2)c(OC)c1. The van der Waals surface area contributed by atoms with Crippen molar-refractivity contribution in [2.24, 2.45) is 5.41 Å². The van der Waals surface area contributed by atoms with E-state index in [9.17, 15) is 19.8 Å². The first-order chi connectivity index (χ1) is 25.5. The second-order valence-corrected chi connectivity index (χ2v) is 15.0. The number of anilines is 1. The van der Waals surface area contributed by atoms with Gasteiger partial charge in [0.05, 0.1) is 39.0 Å². The molecule has 3 N–H and O–H groups in total. The number of hydrogen-bond acceptors (Lipinski definition) is 6. The normalized spacial score (nSPS) is 22.9. The number of nitrogens with zero attached hydrogens (tertiary/aromatic N) is 1. The summed E-state index contributed by atoms with van der Waals surface area (Å²) in [7, 11) is 3.19. The van der Waals surface area contributed by atoms with Gasteiger partial charge in [-0.15, -0.1) is 0 Å². The number of ketones is 1. The van der Waals surface area contributed by atoms with E-state index in [1.165, 1.54) is 5.57 Å². The third kappa shape index (κ3) is 8.34.